The molecular formula is C17H20FN3O3. The van der Waals surface area contributed by atoms with Crippen molar-refractivity contribution in [2.75, 3.05) is 13.2 Å². The van der Waals surface area contributed by atoms with Crippen molar-refractivity contribution in [2.24, 2.45) is 0 Å². The fraction of sp³-hybridized carbons (Fsp3) is 0.412. The standard InChI is InChI=1S/C17H20FN3O3/c18-12-5-7-14(8-6-12)21-11-15(23)16(19-21)17(24)20-9-1-3-13(20)4-2-10-22/h5-8,11,13,22-23H,1-4,9-10H2. The molecule has 0 radical (unpaired) electrons. The molecule has 7 heteroatoms. The summed E-state index contributed by atoms with van der Waals surface area (Å²) < 4.78 is 14.4. The number of carbonyl (C=O) groups excluding carboxylic acids is 1. The molecule has 1 aliphatic rings. The number of rotatable bonds is 5. The minimum Gasteiger partial charge on any atom is -0.504 e. The second-order valence-electron chi connectivity index (χ2n) is 5.94. The van der Waals surface area contributed by atoms with Gasteiger partial charge in [0, 0.05) is 19.2 Å². The van der Waals surface area contributed by atoms with Gasteiger partial charge in [0.25, 0.3) is 5.91 Å². The number of hydrogen-bond acceptors (Lipinski definition) is 4. The second-order valence-corrected chi connectivity index (χ2v) is 5.94. The summed E-state index contributed by atoms with van der Waals surface area (Å²) in [5, 5.41) is 23.2. The van der Waals surface area contributed by atoms with Crippen molar-refractivity contribution in [1.29, 1.82) is 0 Å². The van der Waals surface area contributed by atoms with E-state index in [-0.39, 0.29) is 35.8 Å². The predicted molar refractivity (Wildman–Crippen MR) is 85.6 cm³/mol. The van der Waals surface area contributed by atoms with Gasteiger partial charge in [0.15, 0.2) is 11.4 Å². The Kier molecular flexibility index (Phi) is 4.80. The molecule has 1 saturated heterocycles. The number of halogens is 1. The zero-order valence-electron chi connectivity index (χ0n) is 13.2. The average Bonchev–Trinajstić information content (AvgIpc) is 3.19. The molecule has 1 aromatic heterocycles. The molecule has 3 rings (SSSR count). The van der Waals surface area contributed by atoms with E-state index in [2.05, 4.69) is 5.10 Å². The third-order valence-corrected chi connectivity index (χ3v) is 4.32. The minimum atomic E-state index is -0.366. The maximum atomic E-state index is 13.0. The number of aliphatic hydroxyl groups excluding tert-OH is 1. The lowest BCUT2D eigenvalue weighted by atomic mass is 10.1. The highest BCUT2D eigenvalue weighted by atomic mass is 19.1. The van der Waals surface area contributed by atoms with Crippen LogP contribution in [0.15, 0.2) is 30.5 Å². The highest BCUT2D eigenvalue weighted by Gasteiger charge is 2.32. The molecule has 0 spiro atoms. The molecule has 0 aliphatic carbocycles. The van der Waals surface area contributed by atoms with Crippen molar-refractivity contribution < 1.29 is 19.4 Å². The van der Waals surface area contributed by atoms with Gasteiger partial charge in [-0.15, -0.1) is 0 Å². The van der Waals surface area contributed by atoms with Gasteiger partial charge in [-0.3, -0.25) is 4.79 Å². The minimum absolute atomic E-state index is 0.00442. The monoisotopic (exact) mass is 333 g/mol. The summed E-state index contributed by atoms with van der Waals surface area (Å²) in [5.41, 5.74) is 0.555. The summed E-state index contributed by atoms with van der Waals surface area (Å²) >= 11 is 0. The number of nitrogens with zero attached hydrogens (tertiary/aromatic N) is 3. The Morgan fingerprint density at radius 1 is 1.33 bits per heavy atom. The van der Waals surface area contributed by atoms with Gasteiger partial charge in [0.2, 0.25) is 0 Å². The van der Waals surface area contributed by atoms with Crippen LogP contribution in [0.2, 0.25) is 0 Å². The van der Waals surface area contributed by atoms with E-state index in [4.69, 9.17) is 5.11 Å². The predicted octanol–water partition coefficient (Wildman–Crippen LogP) is 2.09. The first-order valence-electron chi connectivity index (χ1n) is 8.06. The van der Waals surface area contributed by atoms with E-state index in [1.807, 2.05) is 0 Å². The zero-order valence-corrected chi connectivity index (χ0v) is 13.2. The van der Waals surface area contributed by atoms with Crippen molar-refractivity contribution >= 4 is 5.91 Å². The van der Waals surface area contributed by atoms with E-state index in [9.17, 15) is 14.3 Å². The fourth-order valence-corrected chi connectivity index (χ4v) is 3.11. The Labute approximate surface area is 139 Å². The number of carbonyl (C=O) groups is 1. The summed E-state index contributed by atoms with van der Waals surface area (Å²) in [5.74, 6) is -0.874. The molecule has 1 unspecified atom stereocenters. The Balaban J connectivity index is 1.81. The number of aliphatic hydroxyl groups is 1. The molecule has 24 heavy (non-hydrogen) atoms. The number of amides is 1. The Morgan fingerprint density at radius 2 is 2.08 bits per heavy atom. The van der Waals surface area contributed by atoms with E-state index in [1.165, 1.54) is 35.1 Å². The van der Waals surface area contributed by atoms with Crippen LogP contribution in [0.3, 0.4) is 0 Å². The van der Waals surface area contributed by atoms with Crippen LogP contribution in [0.1, 0.15) is 36.2 Å². The molecule has 128 valence electrons. The lowest BCUT2D eigenvalue weighted by Gasteiger charge is -2.23. The van der Waals surface area contributed by atoms with Gasteiger partial charge < -0.3 is 15.1 Å². The summed E-state index contributed by atoms with van der Waals surface area (Å²) in [6.07, 6.45) is 4.53. The van der Waals surface area contributed by atoms with E-state index < -0.39 is 0 Å². The van der Waals surface area contributed by atoms with Gasteiger partial charge >= 0.3 is 0 Å². The van der Waals surface area contributed by atoms with Gasteiger partial charge in [-0.2, -0.15) is 5.10 Å². The molecule has 2 N–H and O–H groups in total. The van der Waals surface area contributed by atoms with Crippen molar-refractivity contribution in [3.8, 4) is 11.4 Å². The van der Waals surface area contributed by atoms with Crippen LogP contribution in [0.25, 0.3) is 5.69 Å². The normalized spacial score (nSPS) is 17.4. The molecule has 0 saturated carbocycles. The Hall–Kier alpha value is -2.41. The van der Waals surface area contributed by atoms with Crippen LogP contribution < -0.4 is 0 Å². The molecule has 1 aromatic carbocycles. The van der Waals surface area contributed by atoms with Crippen LogP contribution in [-0.2, 0) is 0 Å². The van der Waals surface area contributed by atoms with Gasteiger partial charge in [0.05, 0.1) is 11.9 Å². The van der Waals surface area contributed by atoms with Crippen molar-refractivity contribution in [1.82, 2.24) is 14.7 Å². The summed E-state index contributed by atoms with van der Waals surface area (Å²) in [4.78, 5) is 14.4. The maximum Gasteiger partial charge on any atom is 0.278 e. The molecule has 0 bridgehead atoms. The molecule has 1 atom stereocenters. The first-order chi connectivity index (χ1) is 11.6. The van der Waals surface area contributed by atoms with Crippen molar-refractivity contribution in [3.63, 3.8) is 0 Å². The number of hydrogen-bond donors (Lipinski definition) is 2. The molecule has 1 amide bonds. The van der Waals surface area contributed by atoms with Gasteiger partial charge in [0.1, 0.15) is 5.82 Å². The summed E-state index contributed by atoms with van der Waals surface area (Å²) in [6.45, 7) is 0.723. The number of likely N-dealkylation sites (tertiary alicyclic amines) is 1. The van der Waals surface area contributed by atoms with Crippen LogP contribution in [0.4, 0.5) is 4.39 Å². The first kappa shape index (κ1) is 16.4. The average molecular weight is 333 g/mol. The van der Waals surface area contributed by atoms with Crippen molar-refractivity contribution in [3.05, 3.63) is 42.0 Å². The third kappa shape index (κ3) is 3.26. The van der Waals surface area contributed by atoms with Gasteiger partial charge in [-0.05, 0) is 49.9 Å². The Bertz CT molecular complexity index is 714. The fourth-order valence-electron chi connectivity index (χ4n) is 3.11. The topological polar surface area (TPSA) is 78.6 Å². The number of benzene rings is 1. The maximum absolute atomic E-state index is 13.0. The van der Waals surface area contributed by atoms with E-state index in [1.54, 1.807) is 4.90 Å². The summed E-state index contributed by atoms with van der Waals surface area (Å²) in [7, 11) is 0. The molecule has 2 aromatic rings. The quantitative estimate of drug-likeness (QED) is 0.878. The van der Waals surface area contributed by atoms with Crippen molar-refractivity contribution in [2.45, 2.75) is 31.7 Å². The molecule has 1 fully saturated rings. The first-order valence-corrected chi connectivity index (χ1v) is 8.06. The molecular weight excluding hydrogens is 313 g/mol. The van der Waals surface area contributed by atoms with Crippen LogP contribution in [-0.4, -0.2) is 50.0 Å². The Morgan fingerprint density at radius 3 is 2.79 bits per heavy atom. The largest absolute Gasteiger partial charge is 0.504 e. The van der Waals surface area contributed by atoms with Crippen LogP contribution in [0, 0.1) is 5.82 Å². The molecule has 2 heterocycles. The lowest BCUT2D eigenvalue weighted by Crippen LogP contribution is -2.36. The second kappa shape index (κ2) is 7.00. The smallest absolute Gasteiger partial charge is 0.278 e. The van der Waals surface area contributed by atoms with Crippen LogP contribution >= 0.6 is 0 Å². The van der Waals surface area contributed by atoms with Gasteiger partial charge in [-0.1, -0.05) is 0 Å². The molecule has 6 nitrogen and oxygen atoms in total. The third-order valence-electron chi connectivity index (χ3n) is 4.32. The van der Waals surface area contributed by atoms with Gasteiger partial charge in [-0.25, -0.2) is 9.07 Å². The van der Waals surface area contributed by atoms with E-state index >= 15 is 0 Å². The van der Waals surface area contributed by atoms with E-state index in [0.29, 0.717) is 18.7 Å². The molecule has 1 aliphatic heterocycles. The highest BCUT2D eigenvalue weighted by Crippen LogP contribution is 2.26. The number of aromatic nitrogens is 2. The van der Waals surface area contributed by atoms with Crippen LogP contribution in [0.5, 0.6) is 5.75 Å². The highest BCUT2D eigenvalue weighted by molar-refractivity contribution is 5.95. The zero-order chi connectivity index (χ0) is 17.1. The lowest BCUT2D eigenvalue weighted by molar-refractivity contribution is 0.0715. The number of aromatic hydroxyl groups is 1. The summed E-state index contributed by atoms with van der Waals surface area (Å²) in [6, 6.07) is 5.70. The van der Waals surface area contributed by atoms with E-state index in [0.717, 1.165) is 19.3 Å². The SMILES string of the molecule is O=C(c1nn(-c2ccc(F)cc2)cc1O)N1CCCC1CCCO.